The minimum atomic E-state index is -3.17. The van der Waals surface area contributed by atoms with Crippen LogP contribution in [0.1, 0.15) is 40.5 Å². The number of nitrogens with one attached hydrogen (secondary N) is 1. The summed E-state index contributed by atoms with van der Waals surface area (Å²) in [5.41, 5.74) is -0.106. The third-order valence-corrected chi connectivity index (χ3v) is 4.17. The van der Waals surface area contributed by atoms with Crippen molar-refractivity contribution in [2.75, 3.05) is 13.2 Å². The zero-order valence-electron chi connectivity index (χ0n) is 10.1. The number of hydrogen-bond acceptors (Lipinski definition) is 3. The normalized spacial score (nSPS) is 13.5. The molecular weight excluding hydrogens is 214 g/mol. The molecule has 0 heterocycles. The van der Waals surface area contributed by atoms with Gasteiger partial charge in [-0.3, -0.25) is 0 Å². The maximum atomic E-state index is 11.5. The Hall–Kier alpha value is -0.130. The Labute approximate surface area is 93.1 Å². The van der Waals surface area contributed by atoms with Crippen molar-refractivity contribution in [2.24, 2.45) is 5.41 Å². The molecule has 0 aromatic carbocycles. The van der Waals surface area contributed by atoms with E-state index in [9.17, 15) is 8.42 Å². The predicted octanol–water partition coefficient (Wildman–Crippen LogP) is 1.11. The van der Waals surface area contributed by atoms with Crippen molar-refractivity contribution in [1.82, 2.24) is 4.72 Å². The molecule has 0 atom stereocenters. The van der Waals surface area contributed by atoms with Crippen molar-refractivity contribution in [3.05, 3.63) is 0 Å². The Morgan fingerprint density at radius 3 is 2.27 bits per heavy atom. The minimum Gasteiger partial charge on any atom is -0.396 e. The molecule has 0 fully saturated rings. The van der Waals surface area contributed by atoms with Crippen LogP contribution in [0.4, 0.5) is 0 Å². The maximum absolute atomic E-state index is 11.5. The van der Waals surface area contributed by atoms with Gasteiger partial charge in [0.25, 0.3) is 0 Å². The first-order chi connectivity index (χ1) is 6.71. The van der Waals surface area contributed by atoms with Crippen molar-refractivity contribution >= 4 is 10.0 Å². The molecule has 0 radical (unpaired) electrons. The average molecular weight is 237 g/mol. The molecule has 0 amide bonds. The van der Waals surface area contributed by atoms with E-state index in [1.165, 1.54) is 0 Å². The van der Waals surface area contributed by atoms with Crippen LogP contribution >= 0.6 is 0 Å². The highest BCUT2D eigenvalue weighted by molar-refractivity contribution is 7.90. The van der Waals surface area contributed by atoms with Gasteiger partial charge in [-0.25, -0.2) is 13.1 Å². The van der Waals surface area contributed by atoms with Gasteiger partial charge in [-0.1, -0.05) is 13.8 Å². The molecule has 2 N–H and O–H groups in total. The predicted molar refractivity (Wildman–Crippen MR) is 62.2 cm³/mol. The van der Waals surface area contributed by atoms with Gasteiger partial charge < -0.3 is 5.11 Å². The summed E-state index contributed by atoms with van der Waals surface area (Å²) in [6.45, 7) is 7.87. The lowest BCUT2D eigenvalue weighted by Crippen LogP contribution is -2.37. The van der Waals surface area contributed by atoms with Crippen LogP contribution < -0.4 is 4.72 Å². The van der Waals surface area contributed by atoms with Gasteiger partial charge in [-0.15, -0.1) is 0 Å². The standard InChI is InChI=1S/C10H23NO3S/c1-9(2)15(13,14)11-8-10(3,4)6-5-7-12/h9,11-12H,5-8H2,1-4H3. The highest BCUT2D eigenvalue weighted by Gasteiger charge is 2.22. The topological polar surface area (TPSA) is 66.4 Å². The fourth-order valence-electron chi connectivity index (χ4n) is 1.11. The fourth-order valence-corrected chi connectivity index (χ4v) is 2.03. The molecule has 4 nitrogen and oxygen atoms in total. The van der Waals surface area contributed by atoms with Crippen molar-refractivity contribution in [2.45, 2.75) is 45.8 Å². The molecule has 0 aromatic rings. The molecule has 5 heteroatoms. The summed E-state index contributed by atoms with van der Waals surface area (Å²) in [7, 11) is -3.17. The Morgan fingerprint density at radius 2 is 1.87 bits per heavy atom. The Kier molecular flexibility index (Phi) is 5.77. The summed E-state index contributed by atoms with van der Waals surface area (Å²) in [5, 5.41) is 8.31. The van der Waals surface area contributed by atoms with E-state index in [0.717, 1.165) is 6.42 Å². The Morgan fingerprint density at radius 1 is 1.33 bits per heavy atom. The third kappa shape index (κ3) is 6.12. The van der Waals surface area contributed by atoms with E-state index in [1.54, 1.807) is 13.8 Å². The van der Waals surface area contributed by atoms with E-state index in [1.807, 2.05) is 13.8 Å². The lowest BCUT2D eigenvalue weighted by Gasteiger charge is -2.25. The largest absolute Gasteiger partial charge is 0.396 e. The quantitative estimate of drug-likeness (QED) is 0.697. The van der Waals surface area contributed by atoms with E-state index in [-0.39, 0.29) is 12.0 Å². The number of aliphatic hydroxyl groups excluding tert-OH is 1. The average Bonchev–Trinajstić information content (AvgIpc) is 2.12. The molecule has 92 valence electrons. The molecule has 0 spiro atoms. The Balaban J connectivity index is 4.14. The molecule has 0 aromatic heterocycles. The first kappa shape index (κ1) is 14.9. The second-order valence-electron chi connectivity index (χ2n) is 4.91. The van der Waals surface area contributed by atoms with Gasteiger partial charge in [0.2, 0.25) is 10.0 Å². The molecule has 0 bridgehead atoms. The van der Waals surface area contributed by atoms with Gasteiger partial charge in [-0.2, -0.15) is 0 Å². The van der Waals surface area contributed by atoms with Gasteiger partial charge in [0.15, 0.2) is 0 Å². The lowest BCUT2D eigenvalue weighted by molar-refractivity contribution is 0.242. The smallest absolute Gasteiger partial charge is 0.213 e. The second kappa shape index (κ2) is 5.82. The van der Waals surface area contributed by atoms with Crippen LogP contribution in [0, 0.1) is 5.41 Å². The van der Waals surface area contributed by atoms with E-state index in [2.05, 4.69) is 4.72 Å². The molecule has 15 heavy (non-hydrogen) atoms. The SMILES string of the molecule is CC(C)S(=O)(=O)NCC(C)(C)CCCO. The van der Waals surface area contributed by atoms with Gasteiger partial charge >= 0.3 is 0 Å². The number of aliphatic hydroxyl groups is 1. The first-order valence-corrected chi connectivity index (χ1v) is 6.85. The molecule has 0 rings (SSSR count). The van der Waals surface area contributed by atoms with Crippen LogP contribution in [0.15, 0.2) is 0 Å². The second-order valence-corrected chi connectivity index (χ2v) is 7.23. The first-order valence-electron chi connectivity index (χ1n) is 5.30. The summed E-state index contributed by atoms with van der Waals surface area (Å²) in [6, 6.07) is 0. The molecule has 0 aliphatic carbocycles. The number of rotatable bonds is 7. The van der Waals surface area contributed by atoms with E-state index in [4.69, 9.17) is 5.11 Å². The van der Waals surface area contributed by atoms with E-state index in [0.29, 0.717) is 13.0 Å². The van der Waals surface area contributed by atoms with E-state index < -0.39 is 15.3 Å². The lowest BCUT2D eigenvalue weighted by atomic mass is 9.88. The van der Waals surface area contributed by atoms with Crippen LogP contribution in [0.25, 0.3) is 0 Å². The van der Waals surface area contributed by atoms with Gasteiger partial charge in [-0.05, 0) is 32.1 Å². The fraction of sp³-hybridized carbons (Fsp3) is 1.00. The van der Waals surface area contributed by atoms with Crippen LogP contribution in [0.3, 0.4) is 0 Å². The molecule has 0 unspecified atom stereocenters. The van der Waals surface area contributed by atoms with E-state index >= 15 is 0 Å². The molecular formula is C10H23NO3S. The molecule has 0 saturated heterocycles. The van der Waals surface area contributed by atoms with Crippen molar-refractivity contribution in [3.63, 3.8) is 0 Å². The number of sulfonamides is 1. The van der Waals surface area contributed by atoms with Gasteiger partial charge in [0, 0.05) is 13.2 Å². The zero-order chi connectivity index (χ0) is 12.1. The van der Waals surface area contributed by atoms with Gasteiger partial charge in [0.1, 0.15) is 0 Å². The summed E-state index contributed by atoms with van der Waals surface area (Å²) in [5.74, 6) is 0. The highest BCUT2D eigenvalue weighted by atomic mass is 32.2. The molecule has 0 aliphatic heterocycles. The summed E-state index contributed by atoms with van der Waals surface area (Å²) in [4.78, 5) is 0. The summed E-state index contributed by atoms with van der Waals surface area (Å²) < 4.78 is 25.6. The highest BCUT2D eigenvalue weighted by Crippen LogP contribution is 2.21. The van der Waals surface area contributed by atoms with Crippen LogP contribution in [0.2, 0.25) is 0 Å². The van der Waals surface area contributed by atoms with Crippen molar-refractivity contribution < 1.29 is 13.5 Å². The third-order valence-electron chi connectivity index (χ3n) is 2.38. The monoisotopic (exact) mass is 237 g/mol. The minimum absolute atomic E-state index is 0.106. The molecule has 0 aliphatic rings. The summed E-state index contributed by atoms with van der Waals surface area (Å²) in [6.07, 6.45) is 1.51. The van der Waals surface area contributed by atoms with Gasteiger partial charge in [0.05, 0.1) is 5.25 Å². The zero-order valence-corrected chi connectivity index (χ0v) is 10.9. The van der Waals surface area contributed by atoms with Crippen LogP contribution in [0.5, 0.6) is 0 Å². The van der Waals surface area contributed by atoms with Crippen LogP contribution in [-0.4, -0.2) is 31.9 Å². The summed E-state index contributed by atoms with van der Waals surface area (Å²) >= 11 is 0. The van der Waals surface area contributed by atoms with Crippen LogP contribution in [-0.2, 0) is 10.0 Å². The molecule has 0 saturated carbocycles. The number of hydrogen-bond donors (Lipinski definition) is 2. The Bertz CT molecular complexity index is 270. The maximum Gasteiger partial charge on any atom is 0.213 e. The van der Waals surface area contributed by atoms with Crippen molar-refractivity contribution in [1.29, 1.82) is 0 Å². The van der Waals surface area contributed by atoms with Crippen molar-refractivity contribution in [3.8, 4) is 0 Å².